The number of rotatable bonds is 8. The molecule has 0 amide bonds. The number of nitrogens with zero attached hydrogens (tertiary/aromatic N) is 1. The lowest BCUT2D eigenvalue weighted by molar-refractivity contribution is 0.112. The van der Waals surface area contributed by atoms with E-state index in [2.05, 4.69) is 4.90 Å². The van der Waals surface area contributed by atoms with Gasteiger partial charge in [-0.05, 0) is 42.7 Å². The van der Waals surface area contributed by atoms with Crippen LogP contribution in [-0.2, 0) is 10.8 Å². The van der Waals surface area contributed by atoms with Crippen molar-refractivity contribution in [3.63, 3.8) is 0 Å². The van der Waals surface area contributed by atoms with Gasteiger partial charge in [0.05, 0.1) is 16.9 Å². The van der Waals surface area contributed by atoms with Crippen molar-refractivity contribution in [3.05, 3.63) is 66.0 Å². The molecule has 2 aromatic carbocycles. The molecule has 128 valence electrons. The number of hydrogen-bond donors (Lipinski definition) is 1. The molecule has 1 aliphatic rings. The number of hydrogen-bond acceptors (Lipinski definition) is 3. The summed E-state index contributed by atoms with van der Waals surface area (Å²) in [6.07, 6.45) is 1.58. The van der Waals surface area contributed by atoms with Crippen LogP contribution in [0.3, 0.4) is 0 Å². The number of benzene rings is 2. The van der Waals surface area contributed by atoms with Crippen LogP contribution in [0.1, 0.15) is 24.5 Å². The molecule has 0 heterocycles. The van der Waals surface area contributed by atoms with Crippen molar-refractivity contribution in [2.75, 3.05) is 18.8 Å². The van der Waals surface area contributed by atoms with Gasteiger partial charge >= 0.3 is 0 Å². The average Bonchev–Trinajstić information content (AvgIpc) is 3.44. The highest BCUT2D eigenvalue weighted by atomic mass is 32.2. The highest BCUT2D eigenvalue weighted by molar-refractivity contribution is 7.85. The van der Waals surface area contributed by atoms with E-state index < -0.39 is 16.9 Å². The lowest BCUT2D eigenvalue weighted by atomic mass is 10.1. The Morgan fingerprint density at radius 2 is 1.79 bits per heavy atom. The minimum Gasteiger partial charge on any atom is -0.387 e. The van der Waals surface area contributed by atoms with Gasteiger partial charge in [-0.25, -0.2) is 4.39 Å². The van der Waals surface area contributed by atoms with E-state index in [1.807, 2.05) is 30.3 Å². The summed E-state index contributed by atoms with van der Waals surface area (Å²) in [6, 6.07) is 15.9. The minimum atomic E-state index is -1.03. The Morgan fingerprint density at radius 3 is 2.42 bits per heavy atom. The molecule has 2 atom stereocenters. The second-order valence-corrected chi connectivity index (χ2v) is 7.73. The highest BCUT2D eigenvalue weighted by Gasteiger charge is 2.30. The van der Waals surface area contributed by atoms with Crippen LogP contribution < -0.4 is 0 Å². The van der Waals surface area contributed by atoms with Crippen LogP contribution in [0.15, 0.2) is 59.5 Å². The molecule has 0 bridgehead atoms. The molecule has 0 spiro atoms. The van der Waals surface area contributed by atoms with Crippen LogP contribution in [0.2, 0.25) is 0 Å². The zero-order valence-corrected chi connectivity index (χ0v) is 14.3. The van der Waals surface area contributed by atoms with Crippen LogP contribution in [0.25, 0.3) is 0 Å². The number of halogens is 1. The van der Waals surface area contributed by atoms with Crippen LogP contribution >= 0.6 is 0 Å². The van der Waals surface area contributed by atoms with E-state index in [-0.39, 0.29) is 5.82 Å². The first-order valence-corrected chi connectivity index (χ1v) is 9.56. The highest BCUT2D eigenvalue weighted by Crippen LogP contribution is 2.29. The molecule has 0 aromatic heterocycles. The molecule has 2 unspecified atom stereocenters. The van der Waals surface area contributed by atoms with Gasteiger partial charge in [-0.15, -0.1) is 0 Å². The summed E-state index contributed by atoms with van der Waals surface area (Å²) in [6.45, 7) is 1.17. The summed E-state index contributed by atoms with van der Waals surface area (Å²) < 4.78 is 25.4. The van der Waals surface area contributed by atoms with Gasteiger partial charge in [-0.1, -0.05) is 30.3 Å². The van der Waals surface area contributed by atoms with E-state index in [4.69, 9.17) is 0 Å². The van der Waals surface area contributed by atoms with Crippen molar-refractivity contribution in [2.24, 2.45) is 0 Å². The zero-order chi connectivity index (χ0) is 16.9. The molecule has 0 saturated heterocycles. The van der Waals surface area contributed by atoms with Crippen molar-refractivity contribution in [3.8, 4) is 0 Å². The molecule has 24 heavy (non-hydrogen) atoms. The lowest BCUT2D eigenvalue weighted by Crippen LogP contribution is -2.34. The fraction of sp³-hybridized carbons (Fsp3) is 0.368. The summed E-state index contributed by atoms with van der Waals surface area (Å²) in [5.41, 5.74) is 0.714. The molecule has 5 heteroatoms. The topological polar surface area (TPSA) is 40.5 Å². The fourth-order valence-corrected chi connectivity index (χ4v) is 3.86. The molecule has 3 rings (SSSR count). The van der Waals surface area contributed by atoms with Crippen molar-refractivity contribution < 1.29 is 13.7 Å². The quantitative estimate of drug-likeness (QED) is 0.798. The maximum atomic E-state index is 13.0. The predicted molar refractivity (Wildman–Crippen MR) is 93.7 cm³/mol. The molecule has 0 aliphatic heterocycles. The molecular weight excluding hydrogens is 325 g/mol. The van der Waals surface area contributed by atoms with E-state index in [1.54, 1.807) is 12.1 Å². The molecule has 2 aromatic rings. The summed E-state index contributed by atoms with van der Waals surface area (Å²) in [4.78, 5) is 3.04. The molecule has 1 saturated carbocycles. The van der Waals surface area contributed by atoms with Crippen LogP contribution in [0.5, 0.6) is 0 Å². The van der Waals surface area contributed by atoms with Crippen LogP contribution in [0, 0.1) is 5.82 Å². The standard InChI is InChI=1S/C19H22FNO2S/c20-16-8-6-15(7-9-16)19(22)14-21(17-10-11-17)12-13-24(23)18-4-2-1-3-5-18/h1-9,17,19,22H,10-14H2. The van der Waals surface area contributed by atoms with Crippen molar-refractivity contribution >= 4 is 10.8 Å². The molecule has 0 radical (unpaired) electrons. The van der Waals surface area contributed by atoms with Crippen LogP contribution in [0.4, 0.5) is 4.39 Å². The Kier molecular flexibility index (Phi) is 5.76. The zero-order valence-electron chi connectivity index (χ0n) is 13.5. The number of aliphatic hydroxyl groups excluding tert-OH is 1. The summed E-state index contributed by atoms with van der Waals surface area (Å²) in [5, 5.41) is 10.4. The second kappa shape index (κ2) is 8.01. The lowest BCUT2D eigenvalue weighted by Gasteiger charge is -2.25. The summed E-state index contributed by atoms with van der Waals surface area (Å²) >= 11 is 0. The van der Waals surface area contributed by atoms with E-state index in [0.29, 0.717) is 30.4 Å². The van der Waals surface area contributed by atoms with Gasteiger partial charge in [0.15, 0.2) is 0 Å². The normalized spacial score (nSPS) is 17.0. The first-order valence-electron chi connectivity index (χ1n) is 8.24. The molecule has 1 aliphatic carbocycles. The summed E-state index contributed by atoms with van der Waals surface area (Å²) in [7, 11) is -1.03. The Morgan fingerprint density at radius 1 is 1.12 bits per heavy atom. The van der Waals surface area contributed by atoms with E-state index in [0.717, 1.165) is 17.7 Å². The first kappa shape index (κ1) is 17.3. The van der Waals surface area contributed by atoms with E-state index in [1.165, 1.54) is 12.1 Å². The monoisotopic (exact) mass is 347 g/mol. The maximum absolute atomic E-state index is 13.0. The van der Waals surface area contributed by atoms with Gasteiger partial charge in [0.2, 0.25) is 0 Å². The fourth-order valence-electron chi connectivity index (χ4n) is 2.77. The Balaban J connectivity index is 1.57. The van der Waals surface area contributed by atoms with Crippen molar-refractivity contribution in [2.45, 2.75) is 29.9 Å². The first-order chi connectivity index (χ1) is 11.6. The molecule has 3 nitrogen and oxygen atoms in total. The Hall–Kier alpha value is -1.56. The third kappa shape index (κ3) is 4.72. The Labute approximate surface area is 144 Å². The SMILES string of the molecule is O=S(CCN(CC(O)c1ccc(F)cc1)C1CC1)c1ccccc1. The summed E-state index contributed by atoms with van der Waals surface area (Å²) in [5.74, 6) is 0.250. The Bertz CT molecular complexity index is 674. The molecular formula is C19H22FNO2S. The maximum Gasteiger partial charge on any atom is 0.123 e. The van der Waals surface area contributed by atoms with Gasteiger partial charge in [-0.3, -0.25) is 9.11 Å². The van der Waals surface area contributed by atoms with Gasteiger partial charge < -0.3 is 5.11 Å². The molecule has 1 fully saturated rings. The number of aliphatic hydroxyl groups is 1. The van der Waals surface area contributed by atoms with Crippen molar-refractivity contribution in [1.29, 1.82) is 0 Å². The van der Waals surface area contributed by atoms with Gasteiger partial charge in [0.1, 0.15) is 5.82 Å². The van der Waals surface area contributed by atoms with Gasteiger partial charge in [0.25, 0.3) is 0 Å². The largest absolute Gasteiger partial charge is 0.387 e. The van der Waals surface area contributed by atoms with E-state index in [9.17, 15) is 13.7 Å². The van der Waals surface area contributed by atoms with Gasteiger partial charge in [0, 0.05) is 29.8 Å². The predicted octanol–water partition coefficient (Wildman–Crippen LogP) is 3.13. The smallest absolute Gasteiger partial charge is 0.123 e. The third-order valence-corrected chi connectivity index (χ3v) is 5.65. The van der Waals surface area contributed by atoms with E-state index >= 15 is 0 Å². The van der Waals surface area contributed by atoms with Gasteiger partial charge in [-0.2, -0.15) is 0 Å². The van der Waals surface area contributed by atoms with Crippen LogP contribution in [-0.4, -0.2) is 39.1 Å². The van der Waals surface area contributed by atoms with Crippen molar-refractivity contribution in [1.82, 2.24) is 4.90 Å². The molecule has 1 N–H and O–H groups in total. The minimum absolute atomic E-state index is 0.303. The third-order valence-electron chi connectivity index (χ3n) is 4.30. The average molecular weight is 347 g/mol. The second-order valence-electron chi connectivity index (χ2n) is 6.16.